The molecule has 0 aliphatic heterocycles. The molecule has 0 saturated heterocycles. The van der Waals surface area contributed by atoms with Crippen LogP contribution in [0.4, 0.5) is 4.39 Å². The Labute approximate surface area is 198 Å². The number of hydrogen-bond acceptors (Lipinski definition) is 5. The number of fused-ring (bicyclic) bond motifs is 1. The van der Waals surface area contributed by atoms with Crippen LogP contribution in [0.3, 0.4) is 0 Å². The maximum Gasteiger partial charge on any atom is 0.206 e. The number of hydrogen-bond donors (Lipinski definition) is 0. The van der Waals surface area contributed by atoms with Crippen molar-refractivity contribution in [2.45, 2.75) is 42.4 Å². The average molecular weight is 481 g/mol. The van der Waals surface area contributed by atoms with Gasteiger partial charge in [0.15, 0.2) is 17.3 Å². The molecular weight excluding hydrogens is 455 g/mol. The Hall–Kier alpha value is -3.52. The Balaban J connectivity index is 1.42. The number of halogens is 1. The zero-order chi connectivity index (χ0) is 24.1. The minimum atomic E-state index is -3.88. The van der Waals surface area contributed by atoms with Gasteiger partial charge in [-0.1, -0.05) is 25.5 Å². The SMILES string of the molecule is CCCCOc1ccc(S(=O)(=O)c2ccc(CCC(=O)c3ccc4nccn4c3)cc2)cc1F. The van der Waals surface area contributed by atoms with E-state index in [0.29, 0.717) is 18.6 Å². The molecular formula is C26H25FN2O4S. The first-order valence-electron chi connectivity index (χ1n) is 11.1. The first-order valence-corrected chi connectivity index (χ1v) is 12.6. The number of carbonyl (C=O) groups is 1. The first-order chi connectivity index (χ1) is 16.4. The van der Waals surface area contributed by atoms with Gasteiger partial charge in [0.2, 0.25) is 9.84 Å². The largest absolute Gasteiger partial charge is 0.491 e. The van der Waals surface area contributed by atoms with Crippen LogP contribution in [0.5, 0.6) is 5.75 Å². The fourth-order valence-electron chi connectivity index (χ4n) is 3.55. The van der Waals surface area contributed by atoms with Crippen molar-refractivity contribution in [3.05, 3.63) is 90.1 Å². The summed E-state index contributed by atoms with van der Waals surface area (Å²) in [7, 11) is -3.88. The molecule has 4 aromatic rings. The number of pyridine rings is 1. The normalized spacial score (nSPS) is 11.6. The summed E-state index contributed by atoms with van der Waals surface area (Å²) in [5.74, 6) is -0.676. The molecule has 2 aromatic heterocycles. The molecule has 0 atom stereocenters. The predicted molar refractivity (Wildman–Crippen MR) is 127 cm³/mol. The summed E-state index contributed by atoms with van der Waals surface area (Å²) in [6.45, 7) is 2.38. The van der Waals surface area contributed by atoms with Crippen molar-refractivity contribution in [2.75, 3.05) is 6.61 Å². The molecule has 0 spiro atoms. The van der Waals surface area contributed by atoms with E-state index in [0.717, 1.165) is 30.1 Å². The van der Waals surface area contributed by atoms with Crippen molar-refractivity contribution in [3.63, 3.8) is 0 Å². The summed E-state index contributed by atoms with van der Waals surface area (Å²) in [6.07, 6.45) is 7.67. The van der Waals surface area contributed by atoms with E-state index >= 15 is 0 Å². The van der Waals surface area contributed by atoms with Gasteiger partial charge in [-0.15, -0.1) is 0 Å². The third-order valence-electron chi connectivity index (χ3n) is 5.55. The second-order valence-electron chi connectivity index (χ2n) is 7.98. The lowest BCUT2D eigenvalue weighted by Gasteiger charge is -2.10. The zero-order valence-corrected chi connectivity index (χ0v) is 19.6. The topological polar surface area (TPSA) is 77.7 Å². The van der Waals surface area contributed by atoms with Gasteiger partial charge in [-0.05, 0) is 60.9 Å². The van der Waals surface area contributed by atoms with Crippen LogP contribution in [0.25, 0.3) is 5.65 Å². The lowest BCUT2D eigenvalue weighted by Crippen LogP contribution is -2.05. The molecule has 4 rings (SSSR count). The molecule has 0 saturated carbocycles. The van der Waals surface area contributed by atoms with Gasteiger partial charge in [-0.2, -0.15) is 0 Å². The van der Waals surface area contributed by atoms with Crippen LogP contribution in [0.15, 0.2) is 83.0 Å². The van der Waals surface area contributed by atoms with Gasteiger partial charge in [-0.25, -0.2) is 17.8 Å². The molecule has 0 radical (unpaired) electrons. The summed E-state index contributed by atoms with van der Waals surface area (Å²) in [6, 6.07) is 13.5. The molecule has 0 aliphatic carbocycles. The number of carbonyl (C=O) groups excluding carboxylic acids is 1. The molecule has 176 valence electrons. The zero-order valence-electron chi connectivity index (χ0n) is 18.8. The number of unbranched alkanes of at least 4 members (excludes halogenated alkanes) is 1. The molecule has 0 N–H and O–H groups in total. The van der Waals surface area contributed by atoms with Crippen molar-refractivity contribution in [3.8, 4) is 5.75 Å². The smallest absolute Gasteiger partial charge is 0.206 e. The van der Waals surface area contributed by atoms with Gasteiger partial charge in [0, 0.05) is 30.6 Å². The summed E-state index contributed by atoms with van der Waals surface area (Å²) < 4.78 is 47.4. The standard InChI is InChI=1S/C26H25FN2O4S/c1-2-3-16-33-25-12-10-22(17-23(25)27)34(31,32)21-8-4-19(5-9-21)6-11-24(30)20-7-13-26-28-14-15-29(26)18-20/h4-5,7-10,12-15,17-18H,2-3,6,11,16H2,1H3. The molecule has 0 amide bonds. The van der Waals surface area contributed by atoms with Gasteiger partial charge in [-0.3, -0.25) is 4.79 Å². The lowest BCUT2D eigenvalue weighted by molar-refractivity contribution is 0.0982. The second kappa shape index (κ2) is 10.2. The number of rotatable bonds is 10. The van der Waals surface area contributed by atoms with Crippen LogP contribution in [0.1, 0.15) is 42.1 Å². The summed E-state index contributed by atoms with van der Waals surface area (Å²) in [5, 5.41) is 0. The molecule has 0 bridgehead atoms. The predicted octanol–water partition coefficient (Wildman–Crippen LogP) is 5.30. The van der Waals surface area contributed by atoms with Crippen LogP contribution >= 0.6 is 0 Å². The van der Waals surface area contributed by atoms with Crippen LogP contribution < -0.4 is 4.74 Å². The Morgan fingerprint density at radius 3 is 2.56 bits per heavy atom. The Morgan fingerprint density at radius 2 is 1.82 bits per heavy atom. The van der Waals surface area contributed by atoms with E-state index in [1.807, 2.05) is 6.92 Å². The van der Waals surface area contributed by atoms with Gasteiger partial charge in [0.25, 0.3) is 0 Å². The third kappa shape index (κ3) is 5.17. The number of ether oxygens (including phenoxy) is 1. The average Bonchev–Trinajstić information content (AvgIpc) is 3.32. The fraction of sp³-hybridized carbons (Fsp3) is 0.231. The number of imidazole rings is 1. The molecule has 2 aromatic carbocycles. The first kappa shape index (κ1) is 23.6. The van der Waals surface area contributed by atoms with E-state index < -0.39 is 15.7 Å². The molecule has 2 heterocycles. The Kier molecular flexibility index (Phi) is 7.07. The van der Waals surface area contributed by atoms with Crippen molar-refractivity contribution in [1.82, 2.24) is 9.38 Å². The van der Waals surface area contributed by atoms with E-state index in [4.69, 9.17) is 4.74 Å². The summed E-state index contributed by atoms with van der Waals surface area (Å²) >= 11 is 0. The van der Waals surface area contributed by atoms with Crippen LogP contribution in [-0.2, 0) is 16.3 Å². The molecule has 0 fully saturated rings. The minimum Gasteiger partial charge on any atom is -0.491 e. The van der Waals surface area contributed by atoms with E-state index in [-0.39, 0.29) is 27.7 Å². The molecule has 34 heavy (non-hydrogen) atoms. The number of ketones is 1. The van der Waals surface area contributed by atoms with Gasteiger partial charge < -0.3 is 9.14 Å². The quantitative estimate of drug-likeness (QED) is 0.227. The van der Waals surface area contributed by atoms with Gasteiger partial charge in [0.05, 0.1) is 16.4 Å². The van der Waals surface area contributed by atoms with Crippen LogP contribution in [0.2, 0.25) is 0 Å². The van der Waals surface area contributed by atoms with Crippen molar-refractivity contribution >= 4 is 21.3 Å². The number of aromatic nitrogens is 2. The number of sulfone groups is 1. The maximum atomic E-state index is 14.3. The second-order valence-corrected chi connectivity index (χ2v) is 9.92. The molecule has 0 unspecified atom stereocenters. The lowest BCUT2D eigenvalue weighted by atomic mass is 10.0. The van der Waals surface area contributed by atoms with E-state index in [2.05, 4.69) is 4.98 Å². The van der Waals surface area contributed by atoms with Crippen molar-refractivity contribution < 1.29 is 22.3 Å². The third-order valence-corrected chi connectivity index (χ3v) is 7.32. The highest BCUT2D eigenvalue weighted by molar-refractivity contribution is 7.91. The summed E-state index contributed by atoms with van der Waals surface area (Å²) in [4.78, 5) is 16.7. The Morgan fingerprint density at radius 1 is 1.06 bits per heavy atom. The molecule has 0 aliphatic rings. The maximum absolute atomic E-state index is 14.3. The monoisotopic (exact) mass is 480 g/mol. The van der Waals surface area contributed by atoms with E-state index in [1.165, 1.54) is 24.3 Å². The van der Waals surface area contributed by atoms with E-state index in [9.17, 15) is 17.6 Å². The number of benzene rings is 2. The summed E-state index contributed by atoms with van der Waals surface area (Å²) in [5.41, 5.74) is 2.20. The van der Waals surface area contributed by atoms with Crippen molar-refractivity contribution in [1.29, 1.82) is 0 Å². The van der Waals surface area contributed by atoms with E-state index in [1.54, 1.807) is 47.3 Å². The number of nitrogens with zero attached hydrogens (tertiary/aromatic N) is 2. The number of Topliss-reactive ketones (excluding diaryl/α,β-unsaturated/α-hetero) is 1. The van der Waals surface area contributed by atoms with Crippen molar-refractivity contribution in [2.24, 2.45) is 0 Å². The highest BCUT2D eigenvalue weighted by atomic mass is 32.2. The van der Waals surface area contributed by atoms with Crippen LogP contribution in [-0.4, -0.2) is 30.2 Å². The minimum absolute atomic E-state index is 0.0102. The fourth-order valence-corrected chi connectivity index (χ4v) is 4.82. The Bertz CT molecular complexity index is 1410. The molecule has 6 nitrogen and oxygen atoms in total. The highest BCUT2D eigenvalue weighted by Gasteiger charge is 2.20. The molecule has 8 heteroatoms. The van der Waals surface area contributed by atoms with Crippen LogP contribution in [0, 0.1) is 5.82 Å². The highest BCUT2D eigenvalue weighted by Crippen LogP contribution is 2.26. The van der Waals surface area contributed by atoms with Gasteiger partial charge in [0.1, 0.15) is 5.65 Å². The number of aryl methyl sites for hydroxylation is 1. The van der Waals surface area contributed by atoms with Gasteiger partial charge >= 0.3 is 0 Å².